The number of anilines is 1. The van der Waals surface area contributed by atoms with Crippen molar-refractivity contribution in [1.29, 1.82) is 0 Å². The zero-order valence-electron chi connectivity index (χ0n) is 13.4. The van der Waals surface area contributed by atoms with Gasteiger partial charge >= 0.3 is 6.03 Å². The first kappa shape index (κ1) is 17.4. The molecule has 1 aromatic heterocycles. The van der Waals surface area contributed by atoms with Crippen LogP contribution in [0.4, 0.5) is 14.9 Å². The number of carbonyl (C=O) groups is 1. The first-order valence-corrected chi connectivity index (χ1v) is 8.64. The van der Waals surface area contributed by atoms with Crippen LogP contribution in [0.1, 0.15) is 25.5 Å². The van der Waals surface area contributed by atoms with Crippen molar-refractivity contribution in [2.45, 2.75) is 19.9 Å². The zero-order chi connectivity index (χ0) is 16.7. The molecule has 0 spiro atoms. The number of nitrogens with zero attached hydrogens (tertiary/aromatic N) is 1. The minimum atomic E-state index is -0.324. The summed E-state index contributed by atoms with van der Waals surface area (Å²) < 4.78 is 12.9. The van der Waals surface area contributed by atoms with E-state index in [1.54, 1.807) is 11.3 Å². The van der Waals surface area contributed by atoms with Crippen molar-refractivity contribution in [2.24, 2.45) is 0 Å². The van der Waals surface area contributed by atoms with E-state index in [-0.39, 0.29) is 17.9 Å². The van der Waals surface area contributed by atoms with Crippen LogP contribution in [-0.4, -0.2) is 30.6 Å². The third-order valence-electron chi connectivity index (χ3n) is 3.74. The van der Waals surface area contributed by atoms with E-state index in [2.05, 4.69) is 40.8 Å². The number of carbonyl (C=O) groups excluding carboxylic acids is 1. The summed E-state index contributed by atoms with van der Waals surface area (Å²) in [5, 5.41) is 9.77. The number of nitrogens with one attached hydrogen (secondary N) is 2. The Balaban J connectivity index is 1.95. The van der Waals surface area contributed by atoms with E-state index >= 15 is 0 Å². The largest absolute Gasteiger partial charge is 0.336 e. The highest BCUT2D eigenvalue weighted by atomic mass is 32.1. The summed E-state index contributed by atoms with van der Waals surface area (Å²) in [6, 6.07) is 7.66. The molecule has 124 valence electrons. The number of amides is 2. The van der Waals surface area contributed by atoms with Crippen LogP contribution in [0, 0.1) is 5.82 Å². The molecule has 1 unspecified atom stereocenters. The van der Waals surface area contributed by atoms with E-state index < -0.39 is 0 Å². The highest BCUT2D eigenvalue weighted by Crippen LogP contribution is 2.22. The highest BCUT2D eigenvalue weighted by molar-refractivity contribution is 7.07. The van der Waals surface area contributed by atoms with Crippen molar-refractivity contribution in [3.05, 3.63) is 52.5 Å². The topological polar surface area (TPSA) is 44.4 Å². The third kappa shape index (κ3) is 5.04. The number of likely N-dealkylation sites (N-methyl/N-ethyl adjacent to an activating group) is 1. The molecule has 2 rings (SSSR count). The maximum Gasteiger partial charge on any atom is 0.319 e. The Kier molecular flexibility index (Phi) is 6.55. The highest BCUT2D eigenvalue weighted by Gasteiger charge is 2.19. The van der Waals surface area contributed by atoms with Gasteiger partial charge in [-0.2, -0.15) is 11.3 Å². The molecule has 0 radical (unpaired) electrons. The number of benzene rings is 1. The fourth-order valence-corrected chi connectivity index (χ4v) is 3.19. The number of urea groups is 1. The van der Waals surface area contributed by atoms with Gasteiger partial charge in [0.2, 0.25) is 0 Å². The lowest BCUT2D eigenvalue weighted by Gasteiger charge is -2.29. The molecule has 0 saturated carbocycles. The van der Waals surface area contributed by atoms with Crippen LogP contribution in [-0.2, 0) is 0 Å². The lowest BCUT2D eigenvalue weighted by Crippen LogP contribution is -2.39. The van der Waals surface area contributed by atoms with E-state index in [1.165, 1.54) is 29.8 Å². The molecule has 2 aromatic rings. The summed E-state index contributed by atoms with van der Waals surface area (Å²) in [4.78, 5) is 14.3. The van der Waals surface area contributed by atoms with Crippen molar-refractivity contribution in [2.75, 3.05) is 25.0 Å². The van der Waals surface area contributed by atoms with Crippen LogP contribution in [0.25, 0.3) is 0 Å². The molecule has 2 N–H and O–H groups in total. The van der Waals surface area contributed by atoms with Crippen molar-refractivity contribution in [1.82, 2.24) is 10.2 Å². The molecular weight excluding hydrogens is 313 g/mol. The maximum absolute atomic E-state index is 12.9. The molecule has 0 bridgehead atoms. The molecule has 1 heterocycles. The molecular formula is C17H22FN3OS. The van der Waals surface area contributed by atoms with E-state index in [4.69, 9.17) is 0 Å². The Morgan fingerprint density at radius 2 is 1.91 bits per heavy atom. The van der Waals surface area contributed by atoms with Gasteiger partial charge in [-0.05, 0) is 59.7 Å². The molecule has 0 aliphatic rings. The van der Waals surface area contributed by atoms with Crippen LogP contribution >= 0.6 is 11.3 Å². The third-order valence-corrected chi connectivity index (χ3v) is 4.44. The van der Waals surface area contributed by atoms with Gasteiger partial charge in [0.15, 0.2) is 0 Å². The average Bonchev–Trinajstić information content (AvgIpc) is 3.08. The van der Waals surface area contributed by atoms with Crippen LogP contribution in [0.3, 0.4) is 0 Å². The monoisotopic (exact) mass is 335 g/mol. The summed E-state index contributed by atoms with van der Waals surface area (Å²) in [6.07, 6.45) is 0. The van der Waals surface area contributed by atoms with Crippen LogP contribution in [0.15, 0.2) is 41.1 Å². The minimum Gasteiger partial charge on any atom is -0.336 e. The molecule has 1 aromatic carbocycles. The normalized spacial score (nSPS) is 12.2. The average molecular weight is 335 g/mol. The first-order chi connectivity index (χ1) is 11.1. The van der Waals surface area contributed by atoms with Gasteiger partial charge in [-0.1, -0.05) is 13.8 Å². The first-order valence-electron chi connectivity index (χ1n) is 7.70. The Morgan fingerprint density at radius 3 is 2.48 bits per heavy atom. The Hall–Kier alpha value is -1.92. The number of halogens is 1. The number of hydrogen-bond donors (Lipinski definition) is 2. The summed E-state index contributed by atoms with van der Waals surface area (Å²) in [6.45, 7) is 6.57. The predicted molar refractivity (Wildman–Crippen MR) is 93.4 cm³/mol. The molecule has 23 heavy (non-hydrogen) atoms. The van der Waals surface area contributed by atoms with Gasteiger partial charge in [0.05, 0.1) is 6.04 Å². The van der Waals surface area contributed by atoms with E-state index in [1.807, 2.05) is 5.38 Å². The SMILES string of the molecule is CCN(CC)C(CNC(=O)Nc1ccc(F)cc1)c1ccsc1. The molecule has 4 nitrogen and oxygen atoms in total. The molecule has 0 fully saturated rings. The van der Waals surface area contributed by atoms with Gasteiger partial charge in [0, 0.05) is 12.2 Å². The lowest BCUT2D eigenvalue weighted by molar-refractivity contribution is 0.210. The van der Waals surface area contributed by atoms with E-state index in [0.29, 0.717) is 12.2 Å². The van der Waals surface area contributed by atoms with Crippen LogP contribution < -0.4 is 10.6 Å². The van der Waals surface area contributed by atoms with E-state index in [9.17, 15) is 9.18 Å². The molecule has 2 amide bonds. The second kappa shape index (κ2) is 8.64. The summed E-state index contributed by atoms with van der Waals surface area (Å²) in [5.74, 6) is -0.324. The summed E-state index contributed by atoms with van der Waals surface area (Å²) in [7, 11) is 0. The van der Waals surface area contributed by atoms with Crippen molar-refractivity contribution < 1.29 is 9.18 Å². The number of hydrogen-bond acceptors (Lipinski definition) is 3. The smallest absolute Gasteiger partial charge is 0.319 e. The van der Waals surface area contributed by atoms with Gasteiger partial charge in [-0.3, -0.25) is 4.90 Å². The molecule has 0 aliphatic carbocycles. The van der Waals surface area contributed by atoms with Gasteiger partial charge in [0.25, 0.3) is 0 Å². The minimum absolute atomic E-state index is 0.148. The molecule has 0 aliphatic heterocycles. The fraction of sp³-hybridized carbons (Fsp3) is 0.353. The van der Waals surface area contributed by atoms with Crippen LogP contribution in [0.2, 0.25) is 0 Å². The molecule has 6 heteroatoms. The second-order valence-electron chi connectivity index (χ2n) is 5.14. The van der Waals surface area contributed by atoms with Crippen molar-refractivity contribution in [3.63, 3.8) is 0 Å². The van der Waals surface area contributed by atoms with Crippen molar-refractivity contribution in [3.8, 4) is 0 Å². The Bertz CT molecular complexity index is 597. The fourth-order valence-electron chi connectivity index (χ4n) is 2.48. The van der Waals surface area contributed by atoms with E-state index in [0.717, 1.165) is 13.1 Å². The zero-order valence-corrected chi connectivity index (χ0v) is 14.2. The summed E-state index contributed by atoms with van der Waals surface area (Å²) in [5.41, 5.74) is 1.78. The number of rotatable bonds is 7. The van der Waals surface area contributed by atoms with Crippen LogP contribution in [0.5, 0.6) is 0 Å². The maximum atomic E-state index is 12.9. The quantitative estimate of drug-likeness (QED) is 0.800. The molecule has 1 atom stereocenters. The van der Waals surface area contributed by atoms with Gasteiger partial charge in [0.1, 0.15) is 5.82 Å². The van der Waals surface area contributed by atoms with Gasteiger partial charge in [-0.25, -0.2) is 9.18 Å². The Labute approximate surface area is 140 Å². The summed E-state index contributed by atoms with van der Waals surface area (Å²) >= 11 is 1.65. The predicted octanol–water partition coefficient (Wildman–Crippen LogP) is 4.09. The van der Waals surface area contributed by atoms with Gasteiger partial charge < -0.3 is 10.6 Å². The van der Waals surface area contributed by atoms with Gasteiger partial charge in [-0.15, -0.1) is 0 Å². The number of thiophene rings is 1. The standard InChI is InChI=1S/C17H22FN3OS/c1-3-21(4-2)16(13-9-10-23-12-13)11-19-17(22)20-15-7-5-14(18)6-8-15/h5-10,12,16H,3-4,11H2,1-2H3,(H2,19,20,22). The van der Waals surface area contributed by atoms with Crippen molar-refractivity contribution >= 4 is 23.1 Å². The lowest BCUT2D eigenvalue weighted by atomic mass is 10.1. The Morgan fingerprint density at radius 1 is 1.22 bits per heavy atom. The second-order valence-corrected chi connectivity index (χ2v) is 5.92. The molecule has 0 saturated heterocycles.